The van der Waals surface area contributed by atoms with Crippen LogP contribution in [0.4, 0.5) is 4.39 Å². The van der Waals surface area contributed by atoms with Crippen molar-refractivity contribution in [3.8, 4) is 0 Å². The number of benzene rings is 2. The highest BCUT2D eigenvalue weighted by molar-refractivity contribution is 9.10. The largest absolute Gasteiger partial charge is 0.271 e. The molecule has 0 aliphatic rings. The molecule has 0 aliphatic carbocycles. The third-order valence-electron chi connectivity index (χ3n) is 2.68. The molecule has 0 heterocycles. The Kier molecular flexibility index (Phi) is 5.39. The molecular formula is C14H14BrFN2S. The Balaban J connectivity index is 2.01. The van der Waals surface area contributed by atoms with Crippen molar-refractivity contribution in [1.29, 1.82) is 0 Å². The maximum absolute atomic E-state index is 13.2. The molecule has 0 amide bonds. The lowest BCUT2D eigenvalue weighted by atomic mass is 10.1. The van der Waals surface area contributed by atoms with Gasteiger partial charge in [-0.3, -0.25) is 11.3 Å². The summed E-state index contributed by atoms with van der Waals surface area (Å²) in [5.74, 6) is 6.04. The van der Waals surface area contributed by atoms with Gasteiger partial charge < -0.3 is 0 Å². The van der Waals surface area contributed by atoms with E-state index in [1.807, 2.05) is 30.3 Å². The van der Waals surface area contributed by atoms with Gasteiger partial charge in [-0.25, -0.2) is 4.39 Å². The van der Waals surface area contributed by atoms with Gasteiger partial charge in [0.25, 0.3) is 0 Å². The van der Waals surface area contributed by atoms with Crippen LogP contribution in [0.5, 0.6) is 0 Å². The predicted octanol–water partition coefficient (Wildman–Crippen LogP) is 3.88. The lowest BCUT2D eigenvalue weighted by Gasteiger charge is -2.16. The maximum Gasteiger partial charge on any atom is 0.123 e. The van der Waals surface area contributed by atoms with Crippen LogP contribution in [-0.4, -0.2) is 5.75 Å². The summed E-state index contributed by atoms with van der Waals surface area (Å²) in [5, 5.41) is 0. The lowest BCUT2D eigenvalue weighted by molar-refractivity contribution is 0.591. The number of hydrazine groups is 1. The van der Waals surface area contributed by atoms with E-state index >= 15 is 0 Å². The predicted molar refractivity (Wildman–Crippen MR) is 81.3 cm³/mol. The topological polar surface area (TPSA) is 38.0 Å². The van der Waals surface area contributed by atoms with Gasteiger partial charge in [-0.05, 0) is 42.0 Å². The van der Waals surface area contributed by atoms with Crippen LogP contribution in [-0.2, 0) is 0 Å². The summed E-state index contributed by atoms with van der Waals surface area (Å²) in [4.78, 5) is 1.15. The number of hydrogen-bond donors (Lipinski definition) is 2. The molecule has 0 spiro atoms. The molecular weight excluding hydrogens is 327 g/mol. The van der Waals surface area contributed by atoms with E-state index < -0.39 is 0 Å². The van der Waals surface area contributed by atoms with E-state index in [0.717, 1.165) is 20.7 Å². The van der Waals surface area contributed by atoms with Crippen LogP contribution in [0.1, 0.15) is 11.6 Å². The van der Waals surface area contributed by atoms with Crippen molar-refractivity contribution in [2.24, 2.45) is 5.84 Å². The highest BCUT2D eigenvalue weighted by Gasteiger charge is 2.10. The molecule has 5 heteroatoms. The van der Waals surface area contributed by atoms with Crippen LogP contribution in [0.25, 0.3) is 0 Å². The van der Waals surface area contributed by atoms with E-state index in [1.165, 1.54) is 12.1 Å². The minimum atomic E-state index is -0.244. The summed E-state index contributed by atoms with van der Waals surface area (Å²) in [6, 6.07) is 14.5. The van der Waals surface area contributed by atoms with Crippen molar-refractivity contribution in [2.45, 2.75) is 10.9 Å². The fraction of sp³-hybridized carbons (Fsp3) is 0.143. The first-order valence-corrected chi connectivity index (χ1v) is 7.57. The molecule has 0 fully saturated rings. The van der Waals surface area contributed by atoms with Gasteiger partial charge in [0.2, 0.25) is 0 Å². The number of thioether (sulfide) groups is 1. The zero-order valence-corrected chi connectivity index (χ0v) is 12.5. The summed E-state index contributed by atoms with van der Waals surface area (Å²) in [6.07, 6.45) is 0. The molecule has 2 nitrogen and oxygen atoms in total. The lowest BCUT2D eigenvalue weighted by Crippen LogP contribution is -2.29. The Labute approximate surface area is 124 Å². The Bertz CT molecular complexity index is 533. The van der Waals surface area contributed by atoms with Gasteiger partial charge in [-0.1, -0.05) is 28.1 Å². The third kappa shape index (κ3) is 4.31. The average molecular weight is 341 g/mol. The number of halogens is 2. The molecule has 0 bridgehead atoms. The summed E-state index contributed by atoms with van der Waals surface area (Å²) >= 11 is 5.08. The SMILES string of the molecule is NNC(CSc1ccc(Br)cc1)c1cccc(F)c1. The fourth-order valence-corrected chi connectivity index (χ4v) is 2.91. The van der Waals surface area contributed by atoms with Crippen molar-refractivity contribution in [3.63, 3.8) is 0 Å². The van der Waals surface area contributed by atoms with Crippen LogP contribution in [0, 0.1) is 5.82 Å². The monoisotopic (exact) mass is 340 g/mol. The van der Waals surface area contributed by atoms with Crippen molar-refractivity contribution < 1.29 is 4.39 Å². The number of nitrogens with two attached hydrogens (primary N) is 1. The molecule has 0 saturated carbocycles. The fourth-order valence-electron chi connectivity index (χ4n) is 1.67. The van der Waals surface area contributed by atoms with E-state index in [1.54, 1.807) is 17.8 Å². The van der Waals surface area contributed by atoms with Crippen LogP contribution < -0.4 is 11.3 Å². The summed E-state index contributed by atoms with van der Waals surface area (Å²) in [6.45, 7) is 0. The summed E-state index contributed by atoms with van der Waals surface area (Å²) in [7, 11) is 0. The normalized spacial score (nSPS) is 12.4. The molecule has 1 atom stereocenters. The molecule has 0 radical (unpaired) electrons. The number of rotatable bonds is 5. The van der Waals surface area contributed by atoms with Crippen molar-refractivity contribution >= 4 is 27.7 Å². The molecule has 0 saturated heterocycles. The van der Waals surface area contributed by atoms with E-state index in [9.17, 15) is 4.39 Å². The molecule has 2 aromatic rings. The Morgan fingerprint density at radius 1 is 1.21 bits per heavy atom. The van der Waals surface area contributed by atoms with Gasteiger partial charge in [0.15, 0.2) is 0 Å². The van der Waals surface area contributed by atoms with Crippen LogP contribution >= 0.6 is 27.7 Å². The minimum Gasteiger partial charge on any atom is -0.271 e. The second-order valence-corrected chi connectivity index (χ2v) is 6.05. The van der Waals surface area contributed by atoms with Gasteiger partial charge in [-0.2, -0.15) is 0 Å². The van der Waals surface area contributed by atoms with Gasteiger partial charge >= 0.3 is 0 Å². The smallest absolute Gasteiger partial charge is 0.123 e. The van der Waals surface area contributed by atoms with Crippen LogP contribution in [0.2, 0.25) is 0 Å². The van der Waals surface area contributed by atoms with Gasteiger partial charge in [-0.15, -0.1) is 11.8 Å². The van der Waals surface area contributed by atoms with E-state index in [4.69, 9.17) is 5.84 Å². The third-order valence-corrected chi connectivity index (χ3v) is 4.32. The standard InChI is InChI=1S/C14H14BrFN2S/c15-11-4-6-13(7-5-11)19-9-14(18-17)10-2-1-3-12(16)8-10/h1-8,14,18H,9,17H2. The van der Waals surface area contributed by atoms with Crippen molar-refractivity contribution in [3.05, 3.63) is 64.4 Å². The van der Waals surface area contributed by atoms with E-state index in [2.05, 4.69) is 21.4 Å². The van der Waals surface area contributed by atoms with Gasteiger partial charge in [0.1, 0.15) is 5.82 Å². The second-order valence-electron chi connectivity index (χ2n) is 4.04. The van der Waals surface area contributed by atoms with Crippen molar-refractivity contribution in [1.82, 2.24) is 5.43 Å². The van der Waals surface area contributed by atoms with E-state index in [-0.39, 0.29) is 11.9 Å². The highest BCUT2D eigenvalue weighted by Crippen LogP contribution is 2.25. The number of hydrogen-bond acceptors (Lipinski definition) is 3. The highest BCUT2D eigenvalue weighted by atomic mass is 79.9. The first kappa shape index (κ1) is 14.5. The van der Waals surface area contributed by atoms with Crippen molar-refractivity contribution in [2.75, 3.05) is 5.75 Å². The second kappa shape index (κ2) is 7.05. The number of nitrogens with one attached hydrogen (secondary N) is 1. The van der Waals surface area contributed by atoms with E-state index in [0.29, 0.717) is 0 Å². The Morgan fingerprint density at radius 3 is 2.58 bits per heavy atom. The molecule has 3 N–H and O–H groups in total. The summed E-state index contributed by atoms with van der Waals surface area (Å²) in [5.41, 5.74) is 3.58. The molecule has 2 aromatic carbocycles. The molecule has 0 aliphatic heterocycles. The summed E-state index contributed by atoms with van der Waals surface area (Å²) < 4.78 is 14.2. The first-order chi connectivity index (χ1) is 9.19. The molecule has 2 rings (SSSR count). The zero-order chi connectivity index (χ0) is 13.7. The van der Waals surface area contributed by atoms with Gasteiger partial charge in [0.05, 0.1) is 6.04 Å². The first-order valence-electron chi connectivity index (χ1n) is 5.79. The van der Waals surface area contributed by atoms with Crippen LogP contribution in [0.3, 0.4) is 0 Å². The maximum atomic E-state index is 13.2. The molecule has 1 unspecified atom stereocenters. The minimum absolute atomic E-state index is 0.0793. The van der Waals surface area contributed by atoms with Crippen LogP contribution in [0.15, 0.2) is 57.9 Å². The Morgan fingerprint density at radius 2 is 1.95 bits per heavy atom. The quantitative estimate of drug-likeness (QED) is 0.492. The molecule has 100 valence electrons. The average Bonchev–Trinajstić information content (AvgIpc) is 2.42. The zero-order valence-electron chi connectivity index (χ0n) is 10.1. The van der Waals surface area contributed by atoms with Gasteiger partial charge in [0, 0.05) is 15.1 Å². The molecule has 0 aromatic heterocycles. The Hall–Kier alpha value is -0.880. The molecule has 19 heavy (non-hydrogen) atoms.